The zero-order chi connectivity index (χ0) is 30.1. The standard InChI is InChI=1S/C27H49N5O7S/c1-14(2)11-18(20(33)12-16(5)23(34)30-21(15(3)4)26(37)32(6)7)28-24(35)19(13-40-8)29-25(36)22-17-9-10-38-27(17)39-31-22/h14-22,27,31,33H,9-13H2,1-8H3,(H,28,35)(H,29,36)(H,30,34)/t16?,17?,18?,19-,20-,21?,22?,27?/m0/s1. The summed E-state index contributed by atoms with van der Waals surface area (Å²) in [5.41, 5.74) is 2.72. The van der Waals surface area contributed by atoms with E-state index in [-0.39, 0.29) is 41.9 Å². The maximum Gasteiger partial charge on any atom is 0.244 e. The molecule has 0 aromatic rings. The van der Waals surface area contributed by atoms with Crippen molar-refractivity contribution in [3.8, 4) is 0 Å². The molecule has 4 amide bonds. The van der Waals surface area contributed by atoms with E-state index >= 15 is 0 Å². The average molecular weight is 588 g/mol. The normalized spacial score (nSPS) is 24.1. The maximum atomic E-state index is 13.3. The third-order valence-electron chi connectivity index (χ3n) is 7.30. The van der Waals surface area contributed by atoms with Gasteiger partial charge in [-0.2, -0.15) is 17.2 Å². The largest absolute Gasteiger partial charge is 0.391 e. The summed E-state index contributed by atoms with van der Waals surface area (Å²) in [7, 11) is 3.28. The number of hydroxylamine groups is 1. The Balaban J connectivity index is 2.03. The molecule has 230 valence electrons. The van der Waals surface area contributed by atoms with Crippen molar-refractivity contribution < 1.29 is 33.9 Å². The SMILES string of the molecule is CSC[C@H](NC(=O)C1NOC2OCCC21)C(=O)NC(CC(C)C)[C@@H](O)CC(C)C(=O)NC(C(=O)N(C)C)C(C)C. The first-order valence-corrected chi connectivity index (χ1v) is 15.5. The minimum Gasteiger partial charge on any atom is -0.391 e. The van der Waals surface area contributed by atoms with E-state index < -0.39 is 48.4 Å². The first-order valence-electron chi connectivity index (χ1n) is 14.1. The van der Waals surface area contributed by atoms with Crippen LogP contribution in [0.25, 0.3) is 0 Å². The van der Waals surface area contributed by atoms with E-state index in [0.29, 0.717) is 25.2 Å². The Morgan fingerprint density at radius 1 is 1.02 bits per heavy atom. The monoisotopic (exact) mass is 587 g/mol. The van der Waals surface area contributed by atoms with Gasteiger partial charge in [0.1, 0.15) is 18.1 Å². The Kier molecular flexibility index (Phi) is 13.6. The number of hydrogen-bond donors (Lipinski definition) is 5. The van der Waals surface area contributed by atoms with E-state index in [9.17, 15) is 24.3 Å². The molecule has 0 aliphatic carbocycles. The third kappa shape index (κ3) is 9.57. The van der Waals surface area contributed by atoms with Crippen molar-refractivity contribution in [2.45, 2.75) is 90.4 Å². The Morgan fingerprint density at radius 2 is 1.70 bits per heavy atom. The van der Waals surface area contributed by atoms with Crippen molar-refractivity contribution in [1.29, 1.82) is 0 Å². The van der Waals surface area contributed by atoms with E-state index in [1.165, 1.54) is 16.7 Å². The quantitative estimate of drug-likeness (QED) is 0.181. The van der Waals surface area contributed by atoms with Crippen molar-refractivity contribution in [2.75, 3.05) is 32.7 Å². The number of carbonyl (C=O) groups excluding carboxylic acids is 4. The Labute approximate surface area is 242 Å². The van der Waals surface area contributed by atoms with E-state index in [2.05, 4.69) is 21.4 Å². The molecule has 2 aliphatic rings. The van der Waals surface area contributed by atoms with E-state index in [0.717, 1.165) is 0 Å². The highest BCUT2D eigenvalue weighted by Gasteiger charge is 2.46. The summed E-state index contributed by atoms with van der Waals surface area (Å²) in [6, 6.07) is -2.74. The lowest BCUT2D eigenvalue weighted by atomic mass is 9.91. The van der Waals surface area contributed by atoms with Crippen molar-refractivity contribution in [3.05, 3.63) is 0 Å². The highest BCUT2D eigenvalue weighted by Crippen LogP contribution is 2.29. The Bertz CT molecular complexity index is 874. The van der Waals surface area contributed by atoms with Gasteiger partial charge in [0.25, 0.3) is 0 Å². The number of aliphatic hydroxyl groups excluding tert-OH is 1. The third-order valence-corrected chi connectivity index (χ3v) is 7.97. The van der Waals surface area contributed by atoms with Gasteiger partial charge in [-0.05, 0) is 37.4 Å². The fourth-order valence-corrected chi connectivity index (χ4v) is 5.50. The molecular formula is C27H49N5O7S. The molecule has 12 nitrogen and oxygen atoms in total. The lowest BCUT2D eigenvalue weighted by Crippen LogP contribution is -2.57. The van der Waals surface area contributed by atoms with Crippen molar-refractivity contribution in [1.82, 2.24) is 26.3 Å². The maximum absolute atomic E-state index is 13.3. The number of carbonyl (C=O) groups is 4. The topological polar surface area (TPSA) is 158 Å². The fourth-order valence-electron chi connectivity index (χ4n) is 4.94. The van der Waals surface area contributed by atoms with Gasteiger partial charge in [0.2, 0.25) is 23.6 Å². The van der Waals surface area contributed by atoms with Crippen LogP contribution in [0.2, 0.25) is 0 Å². The highest BCUT2D eigenvalue weighted by atomic mass is 32.2. The van der Waals surface area contributed by atoms with Gasteiger partial charge in [-0.1, -0.05) is 34.6 Å². The molecule has 2 saturated heterocycles. The first-order chi connectivity index (χ1) is 18.8. The van der Waals surface area contributed by atoms with Crippen molar-refractivity contribution in [3.63, 3.8) is 0 Å². The number of amides is 4. The van der Waals surface area contributed by atoms with Crippen LogP contribution in [0.1, 0.15) is 53.9 Å². The van der Waals surface area contributed by atoms with Gasteiger partial charge in [-0.15, -0.1) is 0 Å². The summed E-state index contributed by atoms with van der Waals surface area (Å²) in [6.07, 6.45) is 1.62. The molecule has 2 rings (SSSR count). The molecule has 2 fully saturated rings. The molecule has 0 bridgehead atoms. The molecule has 0 saturated carbocycles. The van der Waals surface area contributed by atoms with Crippen molar-refractivity contribution in [2.24, 2.45) is 23.7 Å². The van der Waals surface area contributed by atoms with E-state index in [1.807, 2.05) is 34.0 Å². The van der Waals surface area contributed by atoms with Gasteiger partial charge in [0.15, 0.2) is 6.29 Å². The van der Waals surface area contributed by atoms with Crippen LogP contribution in [0.4, 0.5) is 0 Å². The molecule has 40 heavy (non-hydrogen) atoms. The molecule has 13 heteroatoms. The predicted molar refractivity (Wildman–Crippen MR) is 153 cm³/mol. The van der Waals surface area contributed by atoms with Crippen LogP contribution in [-0.2, 0) is 28.8 Å². The van der Waals surface area contributed by atoms with Gasteiger partial charge in [-0.25, -0.2) is 0 Å². The highest BCUT2D eigenvalue weighted by molar-refractivity contribution is 7.98. The number of hydrogen-bond acceptors (Lipinski definition) is 9. The second-order valence-electron chi connectivity index (χ2n) is 11.8. The van der Waals surface area contributed by atoms with Crippen molar-refractivity contribution >= 4 is 35.4 Å². The molecule has 8 atom stereocenters. The zero-order valence-corrected chi connectivity index (χ0v) is 25.9. The molecule has 0 aromatic carbocycles. The Hall–Kier alpha value is -1.93. The van der Waals surface area contributed by atoms with Crippen LogP contribution < -0.4 is 21.4 Å². The number of ether oxygens (including phenoxy) is 1. The number of nitrogens with zero attached hydrogens (tertiary/aromatic N) is 1. The van der Waals surface area contributed by atoms with Gasteiger partial charge in [-0.3, -0.25) is 24.0 Å². The molecule has 5 N–H and O–H groups in total. The summed E-state index contributed by atoms with van der Waals surface area (Å²) >= 11 is 1.42. The minimum atomic E-state index is -1.01. The summed E-state index contributed by atoms with van der Waals surface area (Å²) in [5.74, 6) is -1.61. The van der Waals surface area contributed by atoms with Crippen LogP contribution in [0, 0.1) is 23.7 Å². The van der Waals surface area contributed by atoms with Crippen LogP contribution in [0.5, 0.6) is 0 Å². The zero-order valence-electron chi connectivity index (χ0n) is 25.1. The average Bonchev–Trinajstić information content (AvgIpc) is 3.49. The molecule has 2 heterocycles. The lowest BCUT2D eigenvalue weighted by molar-refractivity contribution is -0.137. The number of likely N-dealkylation sites (N-methyl/N-ethyl adjacent to an activating group) is 1. The molecule has 0 aromatic heterocycles. The smallest absolute Gasteiger partial charge is 0.244 e. The first kappa shape index (κ1) is 34.3. The summed E-state index contributed by atoms with van der Waals surface area (Å²) in [6.45, 7) is 9.89. The van der Waals surface area contributed by atoms with Gasteiger partial charge >= 0.3 is 0 Å². The number of rotatable bonds is 15. The lowest BCUT2D eigenvalue weighted by Gasteiger charge is -2.30. The molecule has 0 spiro atoms. The molecule has 0 radical (unpaired) electrons. The fraction of sp³-hybridized carbons (Fsp3) is 0.852. The molecular weight excluding hydrogens is 538 g/mol. The van der Waals surface area contributed by atoms with Crippen LogP contribution >= 0.6 is 11.8 Å². The Morgan fingerprint density at radius 3 is 2.27 bits per heavy atom. The summed E-state index contributed by atoms with van der Waals surface area (Å²) in [4.78, 5) is 58.6. The predicted octanol–water partition coefficient (Wildman–Crippen LogP) is 0.247. The number of fused-ring (bicyclic) bond motifs is 1. The minimum absolute atomic E-state index is 0.0937. The number of thioether (sulfide) groups is 1. The van der Waals surface area contributed by atoms with Crippen LogP contribution in [-0.4, -0.2) is 103 Å². The van der Waals surface area contributed by atoms with Crippen LogP contribution in [0.15, 0.2) is 0 Å². The van der Waals surface area contributed by atoms with E-state index in [4.69, 9.17) is 9.57 Å². The van der Waals surface area contributed by atoms with Gasteiger partial charge in [0.05, 0.1) is 18.8 Å². The summed E-state index contributed by atoms with van der Waals surface area (Å²) in [5, 5.41) is 19.7. The summed E-state index contributed by atoms with van der Waals surface area (Å²) < 4.78 is 5.45. The van der Waals surface area contributed by atoms with Crippen LogP contribution in [0.3, 0.4) is 0 Å². The van der Waals surface area contributed by atoms with Gasteiger partial charge < -0.3 is 30.7 Å². The van der Waals surface area contributed by atoms with E-state index in [1.54, 1.807) is 21.0 Å². The second kappa shape index (κ2) is 15.9. The van der Waals surface area contributed by atoms with Gasteiger partial charge in [0, 0.05) is 31.7 Å². The number of nitrogens with one attached hydrogen (secondary N) is 4. The number of aliphatic hydroxyl groups is 1. The molecule has 2 aliphatic heterocycles. The molecule has 6 unspecified atom stereocenters. The second-order valence-corrected chi connectivity index (χ2v) is 12.7.